The molecular formula is C21H30N2O. The molecule has 1 amide bonds. The molecular weight excluding hydrogens is 296 g/mol. The number of nitrogens with one attached hydrogen (secondary N) is 1. The first-order valence-electron chi connectivity index (χ1n) is 9.85. The van der Waals surface area contributed by atoms with Gasteiger partial charge in [-0.25, -0.2) is 0 Å². The number of amides is 1. The molecule has 0 radical (unpaired) electrons. The lowest BCUT2D eigenvalue weighted by Crippen LogP contribution is -2.39. The molecule has 1 saturated carbocycles. The minimum atomic E-state index is 0.305. The van der Waals surface area contributed by atoms with Gasteiger partial charge >= 0.3 is 0 Å². The monoisotopic (exact) mass is 326 g/mol. The molecule has 130 valence electrons. The Morgan fingerprint density at radius 1 is 0.958 bits per heavy atom. The van der Waals surface area contributed by atoms with Gasteiger partial charge in [0.1, 0.15) is 0 Å². The van der Waals surface area contributed by atoms with Gasteiger partial charge in [0.15, 0.2) is 0 Å². The highest BCUT2D eigenvalue weighted by molar-refractivity contribution is 5.77. The zero-order valence-electron chi connectivity index (χ0n) is 14.6. The van der Waals surface area contributed by atoms with Crippen LogP contribution in [0.5, 0.6) is 0 Å². The molecule has 0 aromatic heterocycles. The molecule has 1 aliphatic carbocycles. The minimum absolute atomic E-state index is 0.305. The highest BCUT2D eigenvalue weighted by atomic mass is 16.1. The maximum Gasteiger partial charge on any atom is 0.220 e. The highest BCUT2D eigenvalue weighted by Gasteiger charge is 2.44. The summed E-state index contributed by atoms with van der Waals surface area (Å²) in [5.74, 6) is 2.33. The topological polar surface area (TPSA) is 32.3 Å². The second-order valence-electron chi connectivity index (χ2n) is 8.14. The molecule has 1 N–H and O–H groups in total. The maximum absolute atomic E-state index is 12.4. The Hall–Kier alpha value is -1.35. The number of likely N-dealkylation sites (tertiary alicyclic amines) is 1. The summed E-state index contributed by atoms with van der Waals surface area (Å²) in [6.07, 6.45) is 8.79. The molecule has 2 saturated heterocycles. The number of benzene rings is 1. The SMILES string of the molecule is O=C1CC2CCCCCCC2C2CN(Cc3ccccc3)CC2N1. The van der Waals surface area contributed by atoms with Gasteiger partial charge in [-0.05, 0) is 36.2 Å². The summed E-state index contributed by atoms with van der Waals surface area (Å²) in [5, 5.41) is 3.37. The first-order chi connectivity index (χ1) is 11.8. The fourth-order valence-corrected chi connectivity index (χ4v) is 5.38. The lowest BCUT2D eigenvalue weighted by atomic mass is 9.73. The van der Waals surface area contributed by atoms with Crippen molar-refractivity contribution >= 4 is 5.91 Å². The van der Waals surface area contributed by atoms with Gasteiger partial charge in [-0.2, -0.15) is 0 Å². The molecule has 3 heteroatoms. The fraction of sp³-hybridized carbons (Fsp3) is 0.667. The third kappa shape index (κ3) is 3.51. The first-order valence-corrected chi connectivity index (χ1v) is 9.85. The average molecular weight is 326 g/mol. The van der Waals surface area contributed by atoms with E-state index < -0.39 is 0 Å². The Morgan fingerprint density at radius 2 is 1.75 bits per heavy atom. The van der Waals surface area contributed by atoms with Gasteiger partial charge in [-0.3, -0.25) is 9.69 Å². The van der Waals surface area contributed by atoms with Crippen LogP contribution in [-0.2, 0) is 11.3 Å². The fourth-order valence-electron chi connectivity index (χ4n) is 5.38. The number of nitrogens with zero attached hydrogens (tertiary/aromatic N) is 1. The number of hydrogen-bond donors (Lipinski definition) is 1. The van der Waals surface area contributed by atoms with Crippen molar-refractivity contribution in [3.63, 3.8) is 0 Å². The van der Waals surface area contributed by atoms with Crippen LogP contribution >= 0.6 is 0 Å². The number of carbonyl (C=O) groups excluding carboxylic acids is 1. The van der Waals surface area contributed by atoms with E-state index in [2.05, 4.69) is 40.5 Å². The average Bonchev–Trinajstić information content (AvgIpc) is 2.88. The lowest BCUT2D eigenvalue weighted by molar-refractivity contribution is -0.122. The summed E-state index contributed by atoms with van der Waals surface area (Å²) in [6, 6.07) is 11.1. The van der Waals surface area contributed by atoms with Gasteiger partial charge in [0.05, 0.1) is 0 Å². The summed E-state index contributed by atoms with van der Waals surface area (Å²) >= 11 is 0. The van der Waals surface area contributed by atoms with E-state index in [-0.39, 0.29) is 0 Å². The molecule has 2 aliphatic heterocycles. The van der Waals surface area contributed by atoms with Crippen LogP contribution in [0.2, 0.25) is 0 Å². The lowest BCUT2D eigenvalue weighted by Gasteiger charge is -2.32. The van der Waals surface area contributed by atoms with Crippen LogP contribution in [0.1, 0.15) is 50.5 Å². The van der Waals surface area contributed by atoms with Crippen molar-refractivity contribution in [3.8, 4) is 0 Å². The number of rotatable bonds is 2. The Bertz CT molecular complexity index is 558. The van der Waals surface area contributed by atoms with E-state index in [1.54, 1.807) is 0 Å². The smallest absolute Gasteiger partial charge is 0.220 e. The molecule has 0 spiro atoms. The molecule has 1 aromatic carbocycles. The standard InChI is InChI=1S/C21H30N2O/c24-21-12-17-10-6-1-2-7-11-18(17)19-14-23(15-20(19)22-21)13-16-8-4-3-5-9-16/h3-5,8-9,17-20H,1-2,6-7,10-15H2,(H,22,24). The second-order valence-corrected chi connectivity index (χ2v) is 8.14. The van der Waals surface area contributed by atoms with E-state index in [0.29, 0.717) is 23.8 Å². The van der Waals surface area contributed by atoms with E-state index >= 15 is 0 Å². The van der Waals surface area contributed by atoms with Crippen LogP contribution in [0.25, 0.3) is 0 Å². The Labute approximate surface area is 145 Å². The van der Waals surface area contributed by atoms with Crippen molar-refractivity contribution in [1.29, 1.82) is 0 Å². The Balaban J connectivity index is 1.50. The number of fused-ring (bicyclic) bond motifs is 3. The normalized spacial score (nSPS) is 34.4. The van der Waals surface area contributed by atoms with Crippen LogP contribution in [0.3, 0.4) is 0 Å². The van der Waals surface area contributed by atoms with Gasteiger partial charge in [0, 0.05) is 32.1 Å². The Morgan fingerprint density at radius 3 is 2.58 bits per heavy atom. The van der Waals surface area contributed by atoms with Crippen molar-refractivity contribution in [2.24, 2.45) is 17.8 Å². The summed E-state index contributed by atoms with van der Waals surface area (Å²) < 4.78 is 0. The van der Waals surface area contributed by atoms with Crippen molar-refractivity contribution in [2.75, 3.05) is 13.1 Å². The predicted octanol–water partition coefficient (Wildman–Crippen LogP) is 3.59. The van der Waals surface area contributed by atoms with Crippen LogP contribution in [0.4, 0.5) is 0 Å². The summed E-state index contributed by atoms with van der Waals surface area (Å²) in [7, 11) is 0. The first kappa shape index (κ1) is 16.1. The summed E-state index contributed by atoms with van der Waals surface area (Å²) in [5.41, 5.74) is 1.38. The second kappa shape index (κ2) is 7.26. The van der Waals surface area contributed by atoms with Crippen LogP contribution in [0, 0.1) is 17.8 Å². The molecule has 4 atom stereocenters. The number of carbonyl (C=O) groups is 1. The quantitative estimate of drug-likeness (QED) is 0.901. The molecule has 0 bridgehead atoms. The number of hydrogen-bond acceptors (Lipinski definition) is 2. The van der Waals surface area contributed by atoms with Crippen molar-refractivity contribution in [1.82, 2.24) is 10.2 Å². The van der Waals surface area contributed by atoms with Gasteiger partial charge < -0.3 is 5.32 Å². The highest BCUT2D eigenvalue weighted by Crippen LogP contribution is 2.41. The third-order valence-corrected chi connectivity index (χ3v) is 6.50. The van der Waals surface area contributed by atoms with Crippen molar-refractivity contribution in [2.45, 2.75) is 57.5 Å². The van der Waals surface area contributed by atoms with E-state index in [1.807, 2.05) is 0 Å². The van der Waals surface area contributed by atoms with Gasteiger partial charge in [-0.15, -0.1) is 0 Å². The van der Waals surface area contributed by atoms with Crippen LogP contribution in [-0.4, -0.2) is 29.9 Å². The minimum Gasteiger partial charge on any atom is -0.352 e. The van der Waals surface area contributed by atoms with Gasteiger partial charge in [-0.1, -0.05) is 56.0 Å². The van der Waals surface area contributed by atoms with E-state index in [0.717, 1.165) is 32.0 Å². The zero-order chi connectivity index (χ0) is 16.4. The maximum atomic E-state index is 12.4. The third-order valence-electron chi connectivity index (χ3n) is 6.50. The molecule has 3 nitrogen and oxygen atoms in total. The molecule has 4 unspecified atom stereocenters. The van der Waals surface area contributed by atoms with E-state index in [1.165, 1.54) is 44.1 Å². The largest absolute Gasteiger partial charge is 0.352 e. The van der Waals surface area contributed by atoms with Crippen molar-refractivity contribution in [3.05, 3.63) is 35.9 Å². The van der Waals surface area contributed by atoms with Crippen LogP contribution < -0.4 is 5.32 Å². The summed E-state index contributed by atoms with van der Waals surface area (Å²) in [4.78, 5) is 15.0. The molecule has 3 aliphatic rings. The molecule has 24 heavy (non-hydrogen) atoms. The molecule has 2 heterocycles. The molecule has 3 fully saturated rings. The zero-order valence-corrected chi connectivity index (χ0v) is 14.6. The van der Waals surface area contributed by atoms with Gasteiger partial charge in [0.25, 0.3) is 0 Å². The molecule has 1 aromatic rings. The predicted molar refractivity (Wildman–Crippen MR) is 96.4 cm³/mol. The van der Waals surface area contributed by atoms with E-state index in [4.69, 9.17) is 0 Å². The summed E-state index contributed by atoms with van der Waals surface area (Å²) in [6.45, 7) is 3.19. The van der Waals surface area contributed by atoms with Crippen molar-refractivity contribution < 1.29 is 4.79 Å². The van der Waals surface area contributed by atoms with E-state index in [9.17, 15) is 4.79 Å². The van der Waals surface area contributed by atoms with Crippen LogP contribution in [0.15, 0.2) is 30.3 Å². The van der Waals surface area contributed by atoms with Gasteiger partial charge in [0.2, 0.25) is 5.91 Å². The Kier molecular flexibility index (Phi) is 4.88. The molecule has 4 rings (SSSR count).